The average Bonchev–Trinajstić information content (AvgIpc) is 3.21. The van der Waals surface area contributed by atoms with E-state index in [4.69, 9.17) is 4.74 Å². The monoisotopic (exact) mass is 755 g/mol. The predicted octanol–water partition coefficient (Wildman–Crippen LogP) is 4.02. The van der Waals surface area contributed by atoms with E-state index in [9.17, 15) is 29.4 Å². The molecule has 2 bridgehead atoms. The summed E-state index contributed by atoms with van der Waals surface area (Å²) in [4.78, 5) is 58.7. The Bertz CT molecular complexity index is 2280. The molecule has 2 atom stereocenters. The van der Waals surface area contributed by atoms with Gasteiger partial charge in [-0.3, -0.25) is 24.1 Å². The number of H-pyrrole nitrogens is 1. The molecule has 4 fully saturated rings. The third kappa shape index (κ3) is 7.55. The number of pyridine rings is 1. The number of ether oxygens (including phenoxy) is 1. The van der Waals surface area contributed by atoms with E-state index in [1.165, 1.54) is 12.1 Å². The van der Waals surface area contributed by atoms with Crippen molar-refractivity contribution >= 4 is 28.7 Å². The maximum absolute atomic E-state index is 13.8. The second-order valence-corrected chi connectivity index (χ2v) is 15.2. The number of benzene rings is 4. The third-order valence-electron chi connectivity index (χ3n) is 11.6. The molecule has 1 aromatic heterocycles. The van der Waals surface area contributed by atoms with Crippen LogP contribution < -0.4 is 16.2 Å². The van der Waals surface area contributed by atoms with Gasteiger partial charge in [0.25, 0.3) is 11.8 Å². The number of aromatic hydroxyl groups is 1. The molecular weight excluding hydrogens is 711 g/mol. The van der Waals surface area contributed by atoms with Crippen molar-refractivity contribution in [2.75, 3.05) is 39.3 Å². The van der Waals surface area contributed by atoms with Gasteiger partial charge >= 0.3 is 5.97 Å². The molecule has 0 saturated carbocycles. The van der Waals surface area contributed by atoms with Gasteiger partial charge < -0.3 is 35.5 Å². The molecule has 5 N–H and O–H groups in total. The number of aromatic nitrogens is 1. The summed E-state index contributed by atoms with van der Waals surface area (Å²) in [5, 5.41) is 27.6. The lowest BCUT2D eigenvalue weighted by Gasteiger charge is -2.50. The van der Waals surface area contributed by atoms with Gasteiger partial charge in [0.2, 0.25) is 5.56 Å². The number of aliphatic hydroxyl groups is 1. The number of phenolic OH excluding ortho intramolecular Hbond substituents is 1. The van der Waals surface area contributed by atoms with E-state index < -0.39 is 11.5 Å². The largest absolute Gasteiger partial charge is 0.506 e. The summed E-state index contributed by atoms with van der Waals surface area (Å²) in [6, 6.07) is 30.0. The molecule has 4 saturated heterocycles. The number of fused-ring (bicyclic) bond motifs is 4. The molecular formula is C44H45N5O7. The van der Waals surface area contributed by atoms with Gasteiger partial charge in [-0.15, -0.1) is 0 Å². The van der Waals surface area contributed by atoms with Crippen LogP contribution in [0.5, 0.6) is 5.75 Å². The maximum atomic E-state index is 13.8. The van der Waals surface area contributed by atoms with E-state index in [0.29, 0.717) is 34.5 Å². The Labute approximate surface area is 324 Å². The molecule has 12 nitrogen and oxygen atoms in total. The van der Waals surface area contributed by atoms with E-state index in [1.807, 2.05) is 54.6 Å². The van der Waals surface area contributed by atoms with Crippen LogP contribution in [0.2, 0.25) is 0 Å². The number of aliphatic hydroxyl groups excluding tert-OH is 1. The Morgan fingerprint density at radius 1 is 0.839 bits per heavy atom. The van der Waals surface area contributed by atoms with Gasteiger partial charge in [0.1, 0.15) is 17.3 Å². The number of carbonyl (C=O) groups is 3. The average molecular weight is 756 g/mol. The van der Waals surface area contributed by atoms with Gasteiger partial charge in [-0.2, -0.15) is 0 Å². The second kappa shape index (κ2) is 15.7. The van der Waals surface area contributed by atoms with Crippen molar-refractivity contribution in [3.63, 3.8) is 0 Å². The third-order valence-corrected chi connectivity index (χ3v) is 11.6. The van der Waals surface area contributed by atoms with Gasteiger partial charge in [-0.1, -0.05) is 60.7 Å². The molecule has 2 amide bonds. The lowest BCUT2D eigenvalue weighted by Crippen LogP contribution is -2.66. The normalized spacial score (nSPS) is 20.2. The van der Waals surface area contributed by atoms with Gasteiger partial charge in [-0.25, -0.2) is 0 Å². The van der Waals surface area contributed by atoms with Crippen LogP contribution in [-0.4, -0.2) is 88.2 Å². The first kappa shape index (κ1) is 37.1. The van der Waals surface area contributed by atoms with Crippen molar-refractivity contribution in [3.8, 4) is 5.75 Å². The number of carbonyl (C=O) groups excluding carboxylic acids is 3. The molecule has 12 heteroatoms. The van der Waals surface area contributed by atoms with Gasteiger partial charge in [0, 0.05) is 61.8 Å². The summed E-state index contributed by atoms with van der Waals surface area (Å²) in [6.45, 7) is 4.38. The number of hydrogen-bond donors (Lipinski definition) is 5. The van der Waals surface area contributed by atoms with E-state index in [2.05, 4.69) is 20.5 Å². The van der Waals surface area contributed by atoms with Crippen molar-refractivity contribution in [3.05, 3.63) is 147 Å². The minimum absolute atomic E-state index is 0.0650. The van der Waals surface area contributed by atoms with Crippen LogP contribution >= 0.6 is 0 Å². The van der Waals surface area contributed by atoms with Crippen LogP contribution in [0.25, 0.3) is 10.9 Å². The van der Waals surface area contributed by atoms with Crippen molar-refractivity contribution in [2.24, 2.45) is 5.92 Å². The molecule has 4 aromatic carbocycles. The van der Waals surface area contributed by atoms with Crippen LogP contribution in [0.3, 0.4) is 0 Å². The van der Waals surface area contributed by atoms with E-state index >= 15 is 0 Å². The first-order valence-electron chi connectivity index (χ1n) is 19.1. The summed E-state index contributed by atoms with van der Waals surface area (Å²) in [6.07, 6.45) is 1.12. The SMILES string of the molecule is O=C(NCc1ccc(C(=O)N2CC(C(=O)O[C@H]3CN4CCC3CC4)(c3ccccc3)C2)cc1)c1ccc(CNC[C@H](O)c2ccc(O)c3[nH]c(=O)ccc23)cc1. The molecule has 0 unspecified atom stereocenters. The Morgan fingerprint density at radius 3 is 2.20 bits per heavy atom. The van der Waals surface area contributed by atoms with Gasteiger partial charge in [0.15, 0.2) is 0 Å². The second-order valence-electron chi connectivity index (χ2n) is 15.2. The highest BCUT2D eigenvalue weighted by Crippen LogP contribution is 2.39. The highest BCUT2D eigenvalue weighted by Gasteiger charge is 2.55. The topological polar surface area (TPSA) is 164 Å². The van der Waals surface area contributed by atoms with Crippen molar-refractivity contribution in [1.29, 1.82) is 0 Å². The van der Waals surface area contributed by atoms with E-state index in [0.717, 1.165) is 49.2 Å². The maximum Gasteiger partial charge on any atom is 0.320 e. The van der Waals surface area contributed by atoms with Crippen molar-refractivity contribution in [2.45, 2.75) is 43.6 Å². The first-order valence-corrected chi connectivity index (χ1v) is 19.1. The molecule has 0 spiro atoms. The molecule has 4 aliphatic heterocycles. The zero-order chi connectivity index (χ0) is 38.8. The number of nitrogens with one attached hydrogen (secondary N) is 3. The lowest BCUT2D eigenvalue weighted by atomic mass is 9.73. The number of piperidine rings is 3. The van der Waals surface area contributed by atoms with Crippen LogP contribution in [0, 0.1) is 5.92 Å². The zero-order valence-corrected chi connectivity index (χ0v) is 30.9. The fourth-order valence-corrected chi connectivity index (χ4v) is 8.25. The van der Waals surface area contributed by atoms with Crippen LogP contribution in [0.4, 0.5) is 0 Å². The smallest absolute Gasteiger partial charge is 0.320 e. The minimum Gasteiger partial charge on any atom is -0.506 e. The summed E-state index contributed by atoms with van der Waals surface area (Å²) in [7, 11) is 0. The standard InChI is InChI=1S/C44H45N5O7/c50-36-16-14-34(35-15-17-39(52)47-40(35)36)37(51)24-45-22-28-6-10-31(11-7-28)41(53)46-23-29-8-12-32(13-9-29)42(54)49-26-44(27-49,33-4-2-1-3-5-33)43(55)56-38-25-48-20-18-30(38)19-21-48/h1-17,30,37-38,45,50-51H,18-27H2,(H,46,53)(H,47,52)/t37-,38-/m0/s1. The fourth-order valence-electron chi connectivity index (χ4n) is 8.25. The number of phenols is 1. The quantitative estimate of drug-likeness (QED) is 0.118. The highest BCUT2D eigenvalue weighted by atomic mass is 16.5. The molecule has 4 aliphatic rings. The van der Waals surface area contributed by atoms with E-state index in [-0.39, 0.29) is 66.9 Å². The van der Waals surface area contributed by atoms with Crippen molar-refractivity contribution in [1.82, 2.24) is 25.4 Å². The Balaban J connectivity index is 0.814. The Hall–Kier alpha value is -5.82. The first-order chi connectivity index (χ1) is 27.2. The van der Waals surface area contributed by atoms with Crippen LogP contribution in [0.1, 0.15) is 61.9 Å². The highest BCUT2D eigenvalue weighted by molar-refractivity contribution is 5.98. The molecule has 5 aromatic rings. The number of aromatic amines is 1. The Morgan fingerprint density at radius 2 is 1.52 bits per heavy atom. The number of likely N-dealkylation sites (tertiary alicyclic amines) is 1. The summed E-state index contributed by atoms with van der Waals surface area (Å²) in [5.74, 6) is -0.305. The van der Waals surface area contributed by atoms with Crippen LogP contribution in [0.15, 0.2) is 108 Å². The molecule has 0 aliphatic carbocycles. The van der Waals surface area contributed by atoms with Gasteiger partial charge in [0.05, 0.1) is 11.6 Å². The molecule has 0 radical (unpaired) electrons. The zero-order valence-electron chi connectivity index (χ0n) is 30.9. The predicted molar refractivity (Wildman–Crippen MR) is 210 cm³/mol. The van der Waals surface area contributed by atoms with Gasteiger partial charge in [-0.05, 0) is 90.5 Å². The van der Waals surface area contributed by atoms with E-state index in [1.54, 1.807) is 41.3 Å². The Kier molecular flexibility index (Phi) is 10.4. The number of nitrogens with zero attached hydrogens (tertiary/aromatic N) is 2. The number of esters is 1. The minimum atomic E-state index is -0.890. The summed E-state index contributed by atoms with van der Waals surface area (Å²) < 4.78 is 6.20. The van der Waals surface area contributed by atoms with Crippen molar-refractivity contribution < 1.29 is 29.3 Å². The summed E-state index contributed by atoms with van der Waals surface area (Å²) >= 11 is 0. The number of hydrogen-bond acceptors (Lipinski definition) is 9. The fraction of sp³-hybridized carbons (Fsp3) is 0.318. The molecule has 9 rings (SSSR count). The molecule has 5 heterocycles. The summed E-state index contributed by atoms with van der Waals surface area (Å²) in [5.41, 5.74) is 3.26. The number of amides is 2. The number of rotatable bonds is 12. The van der Waals surface area contributed by atoms with Crippen LogP contribution in [-0.2, 0) is 28.0 Å². The lowest BCUT2D eigenvalue weighted by molar-refractivity contribution is -0.171. The molecule has 56 heavy (non-hydrogen) atoms. The molecule has 288 valence electrons.